The maximum absolute atomic E-state index is 13.1. The fraction of sp³-hybridized carbons (Fsp3) is 0.188. The molecule has 5 heteroatoms. The van der Waals surface area contributed by atoms with Crippen molar-refractivity contribution in [3.8, 4) is 5.75 Å². The summed E-state index contributed by atoms with van der Waals surface area (Å²) in [5.41, 5.74) is -0.923. The van der Waals surface area contributed by atoms with Crippen molar-refractivity contribution in [2.45, 2.75) is 12.5 Å². The van der Waals surface area contributed by atoms with Crippen molar-refractivity contribution < 1.29 is 24.1 Å². The van der Waals surface area contributed by atoms with E-state index < -0.39 is 17.4 Å². The molecule has 0 aliphatic heterocycles. The molecule has 1 atom stereocenters. The minimum absolute atomic E-state index is 0.0140. The van der Waals surface area contributed by atoms with Gasteiger partial charge >= 0.3 is 5.97 Å². The number of aliphatic hydroxyl groups is 1. The van der Waals surface area contributed by atoms with Gasteiger partial charge in [0.15, 0.2) is 0 Å². The molecule has 0 saturated heterocycles. The van der Waals surface area contributed by atoms with Crippen LogP contribution in [-0.2, 0) is 5.60 Å². The molecule has 110 valence electrons. The zero-order chi connectivity index (χ0) is 15.5. The van der Waals surface area contributed by atoms with Gasteiger partial charge in [-0.15, -0.1) is 0 Å². The van der Waals surface area contributed by atoms with E-state index in [0.717, 1.165) is 12.1 Å². The van der Waals surface area contributed by atoms with Crippen molar-refractivity contribution in [3.05, 3.63) is 65.5 Å². The highest BCUT2D eigenvalue weighted by atomic mass is 19.1. The van der Waals surface area contributed by atoms with Crippen molar-refractivity contribution in [2.24, 2.45) is 0 Å². The molecule has 21 heavy (non-hydrogen) atoms. The molecule has 2 aromatic carbocycles. The number of ether oxygens (including phenoxy) is 1. The molecule has 0 bridgehead atoms. The summed E-state index contributed by atoms with van der Waals surface area (Å²) in [4.78, 5) is 11.1. The lowest BCUT2D eigenvalue weighted by Gasteiger charge is -2.24. The molecular weight excluding hydrogens is 275 g/mol. The Kier molecular flexibility index (Phi) is 4.23. The Bertz CT molecular complexity index is 638. The van der Waals surface area contributed by atoms with Gasteiger partial charge < -0.3 is 14.9 Å². The normalized spacial score (nSPS) is 13.5. The molecule has 0 aliphatic rings. The van der Waals surface area contributed by atoms with Gasteiger partial charge in [0.2, 0.25) is 0 Å². The van der Waals surface area contributed by atoms with E-state index in [1.165, 1.54) is 6.07 Å². The Morgan fingerprint density at radius 1 is 1.24 bits per heavy atom. The summed E-state index contributed by atoms with van der Waals surface area (Å²) in [5.74, 6) is -1.93. The third kappa shape index (κ3) is 3.58. The number of benzene rings is 2. The molecule has 1 unspecified atom stereocenters. The van der Waals surface area contributed by atoms with Crippen LogP contribution in [0.25, 0.3) is 0 Å². The summed E-state index contributed by atoms with van der Waals surface area (Å²) < 4.78 is 18.5. The number of carboxylic acid groups (broad SMARTS) is 1. The van der Waals surface area contributed by atoms with E-state index in [0.29, 0.717) is 5.56 Å². The van der Waals surface area contributed by atoms with E-state index in [9.17, 15) is 14.3 Å². The van der Waals surface area contributed by atoms with Crippen molar-refractivity contribution >= 4 is 5.97 Å². The van der Waals surface area contributed by atoms with E-state index in [1.807, 2.05) is 6.07 Å². The monoisotopic (exact) mass is 290 g/mol. The van der Waals surface area contributed by atoms with Crippen LogP contribution in [-0.4, -0.2) is 22.8 Å². The van der Waals surface area contributed by atoms with Crippen LogP contribution in [0.15, 0.2) is 48.5 Å². The van der Waals surface area contributed by atoms with Gasteiger partial charge in [0.1, 0.15) is 29.3 Å². The number of hydrogen-bond donors (Lipinski definition) is 2. The maximum atomic E-state index is 13.1. The second kappa shape index (κ2) is 5.93. The molecule has 4 nitrogen and oxygen atoms in total. The number of rotatable bonds is 5. The highest BCUT2D eigenvalue weighted by Gasteiger charge is 2.25. The van der Waals surface area contributed by atoms with Gasteiger partial charge in [-0.05, 0) is 30.7 Å². The van der Waals surface area contributed by atoms with E-state index >= 15 is 0 Å². The van der Waals surface area contributed by atoms with Crippen LogP contribution < -0.4 is 4.74 Å². The van der Waals surface area contributed by atoms with Gasteiger partial charge in [0, 0.05) is 0 Å². The third-order valence-corrected chi connectivity index (χ3v) is 3.08. The molecule has 0 radical (unpaired) electrons. The Morgan fingerprint density at radius 3 is 2.52 bits per heavy atom. The Morgan fingerprint density at radius 2 is 1.90 bits per heavy atom. The molecule has 0 aliphatic carbocycles. The van der Waals surface area contributed by atoms with Crippen LogP contribution in [0.3, 0.4) is 0 Å². The number of halogens is 1. The molecule has 0 aromatic heterocycles. The van der Waals surface area contributed by atoms with Gasteiger partial charge in [0.25, 0.3) is 0 Å². The number of carbonyl (C=O) groups is 1. The average molecular weight is 290 g/mol. The summed E-state index contributed by atoms with van der Waals surface area (Å²) in [6, 6.07) is 12.1. The first-order valence-electron chi connectivity index (χ1n) is 6.34. The summed E-state index contributed by atoms with van der Waals surface area (Å²) in [5, 5.41) is 19.4. The second-order valence-electron chi connectivity index (χ2n) is 4.87. The topological polar surface area (TPSA) is 66.8 Å². The molecule has 2 aromatic rings. The lowest BCUT2D eigenvalue weighted by Crippen LogP contribution is -2.29. The SMILES string of the molecule is CC(O)(COc1ccc(F)cc1C(=O)O)c1ccccc1. The second-order valence-corrected chi connectivity index (χ2v) is 4.87. The maximum Gasteiger partial charge on any atom is 0.339 e. The minimum Gasteiger partial charge on any atom is -0.489 e. The predicted molar refractivity (Wildman–Crippen MR) is 74.9 cm³/mol. The molecule has 0 spiro atoms. The molecule has 2 N–H and O–H groups in total. The quantitative estimate of drug-likeness (QED) is 0.888. The highest BCUT2D eigenvalue weighted by Crippen LogP contribution is 2.25. The van der Waals surface area contributed by atoms with Gasteiger partial charge in [-0.25, -0.2) is 9.18 Å². The number of carboxylic acids is 1. The van der Waals surface area contributed by atoms with E-state index in [2.05, 4.69) is 0 Å². The first-order chi connectivity index (χ1) is 9.90. The Hall–Kier alpha value is -2.40. The molecule has 0 heterocycles. The lowest BCUT2D eigenvalue weighted by atomic mass is 9.97. The fourth-order valence-electron chi connectivity index (χ4n) is 1.89. The Labute approximate surface area is 121 Å². The highest BCUT2D eigenvalue weighted by molar-refractivity contribution is 5.90. The molecular formula is C16H15FO4. The molecule has 0 saturated carbocycles. The van der Waals surface area contributed by atoms with E-state index in [1.54, 1.807) is 31.2 Å². The number of aromatic carboxylic acids is 1. The summed E-state index contributed by atoms with van der Waals surface area (Å²) in [7, 11) is 0. The number of hydrogen-bond acceptors (Lipinski definition) is 3. The molecule has 0 fully saturated rings. The van der Waals surface area contributed by atoms with E-state index in [-0.39, 0.29) is 17.9 Å². The van der Waals surface area contributed by atoms with Gasteiger partial charge in [0.05, 0.1) is 0 Å². The van der Waals surface area contributed by atoms with Crippen LogP contribution in [0, 0.1) is 5.82 Å². The van der Waals surface area contributed by atoms with Gasteiger partial charge in [-0.2, -0.15) is 0 Å². The van der Waals surface area contributed by atoms with Crippen LogP contribution in [0.5, 0.6) is 5.75 Å². The largest absolute Gasteiger partial charge is 0.489 e. The summed E-state index contributed by atoms with van der Waals surface area (Å²) >= 11 is 0. The summed E-state index contributed by atoms with van der Waals surface area (Å²) in [6.07, 6.45) is 0. The lowest BCUT2D eigenvalue weighted by molar-refractivity contribution is 0.00699. The van der Waals surface area contributed by atoms with Crippen molar-refractivity contribution in [1.29, 1.82) is 0 Å². The van der Waals surface area contributed by atoms with Crippen molar-refractivity contribution in [1.82, 2.24) is 0 Å². The zero-order valence-electron chi connectivity index (χ0n) is 11.4. The van der Waals surface area contributed by atoms with Gasteiger partial charge in [-0.3, -0.25) is 0 Å². The summed E-state index contributed by atoms with van der Waals surface area (Å²) in [6.45, 7) is 1.41. The van der Waals surface area contributed by atoms with Crippen molar-refractivity contribution in [2.75, 3.05) is 6.61 Å². The van der Waals surface area contributed by atoms with E-state index in [4.69, 9.17) is 9.84 Å². The third-order valence-electron chi connectivity index (χ3n) is 3.08. The predicted octanol–water partition coefficient (Wildman–Crippen LogP) is 2.81. The fourth-order valence-corrected chi connectivity index (χ4v) is 1.89. The smallest absolute Gasteiger partial charge is 0.339 e. The van der Waals surface area contributed by atoms with Crippen LogP contribution in [0.4, 0.5) is 4.39 Å². The average Bonchev–Trinajstić information content (AvgIpc) is 2.47. The van der Waals surface area contributed by atoms with Gasteiger partial charge in [-0.1, -0.05) is 30.3 Å². The standard InChI is InChI=1S/C16H15FO4/c1-16(20,11-5-3-2-4-6-11)10-21-14-8-7-12(17)9-13(14)15(18)19/h2-9,20H,10H2,1H3,(H,18,19). The van der Waals surface area contributed by atoms with Crippen LogP contribution >= 0.6 is 0 Å². The first-order valence-corrected chi connectivity index (χ1v) is 6.34. The Balaban J connectivity index is 2.18. The van der Waals surface area contributed by atoms with Crippen LogP contribution in [0.2, 0.25) is 0 Å². The van der Waals surface area contributed by atoms with Crippen LogP contribution in [0.1, 0.15) is 22.8 Å². The van der Waals surface area contributed by atoms with Crippen molar-refractivity contribution in [3.63, 3.8) is 0 Å². The minimum atomic E-state index is -1.29. The molecule has 2 rings (SSSR count). The zero-order valence-corrected chi connectivity index (χ0v) is 11.4. The molecule has 0 amide bonds. The first kappa shape index (κ1) is 15.0.